The number of nitrogens with zero attached hydrogens (tertiary/aromatic N) is 1. The summed E-state index contributed by atoms with van der Waals surface area (Å²) in [6.45, 7) is 5.57. The first-order chi connectivity index (χ1) is 12.7. The molecule has 0 radical (unpaired) electrons. The summed E-state index contributed by atoms with van der Waals surface area (Å²) in [7, 11) is 0. The average molecular weight is 363 g/mol. The Kier molecular flexibility index (Phi) is 5.09. The predicted octanol–water partition coefficient (Wildman–Crippen LogP) is 5.69. The SMILES string of the molecule is Cc1ccc(N)cc1C1CCN(Cc2ccc(-c3cccs3)cc2)CC1. The standard InChI is InChI=1S/C23H26N2S/c1-17-4-9-21(24)15-22(17)19-10-12-25(13-11-19)16-18-5-7-20(8-6-18)23-3-2-14-26-23/h2-9,14-15,19H,10-13,16,24H2,1H3. The summed E-state index contributed by atoms with van der Waals surface area (Å²) in [5.41, 5.74) is 12.4. The van der Waals surface area contributed by atoms with Gasteiger partial charge in [-0.25, -0.2) is 0 Å². The minimum absolute atomic E-state index is 0.649. The largest absolute Gasteiger partial charge is 0.399 e. The Hall–Kier alpha value is -2.10. The van der Waals surface area contributed by atoms with Crippen molar-refractivity contribution >= 4 is 17.0 Å². The van der Waals surface area contributed by atoms with Gasteiger partial charge < -0.3 is 5.73 Å². The zero-order valence-corrected chi connectivity index (χ0v) is 16.1. The second-order valence-corrected chi connectivity index (χ2v) is 8.29. The molecule has 0 bridgehead atoms. The molecule has 2 nitrogen and oxygen atoms in total. The number of benzene rings is 2. The summed E-state index contributed by atoms with van der Waals surface area (Å²) < 4.78 is 0. The van der Waals surface area contributed by atoms with Gasteiger partial charge in [-0.3, -0.25) is 4.90 Å². The van der Waals surface area contributed by atoms with Crippen LogP contribution in [0.1, 0.15) is 35.4 Å². The molecule has 1 aromatic heterocycles. The maximum atomic E-state index is 6.00. The van der Waals surface area contributed by atoms with E-state index in [1.807, 2.05) is 6.07 Å². The van der Waals surface area contributed by atoms with Crippen molar-refractivity contribution in [3.63, 3.8) is 0 Å². The molecule has 4 rings (SSSR count). The molecule has 1 fully saturated rings. The van der Waals surface area contributed by atoms with Gasteiger partial charge in [-0.2, -0.15) is 0 Å². The molecule has 0 amide bonds. The fourth-order valence-corrected chi connectivity index (χ4v) is 4.71. The van der Waals surface area contributed by atoms with E-state index in [9.17, 15) is 0 Å². The van der Waals surface area contributed by atoms with Crippen LogP contribution < -0.4 is 5.73 Å². The van der Waals surface area contributed by atoms with E-state index >= 15 is 0 Å². The number of nitrogen functional groups attached to an aromatic ring is 1. The lowest BCUT2D eigenvalue weighted by Gasteiger charge is -2.33. The summed E-state index contributed by atoms with van der Waals surface area (Å²) in [6.07, 6.45) is 2.44. The molecular weight excluding hydrogens is 336 g/mol. The van der Waals surface area contributed by atoms with Gasteiger partial charge in [0.15, 0.2) is 0 Å². The van der Waals surface area contributed by atoms with Crippen molar-refractivity contribution in [2.75, 3.05) is 18.8 Å². The minimum atomic E-state index is 0.649. The highest BCUT2D eigenvalue weighted by atomic mass is 32.1. The first kappa shape index (κ1) is 17.3. The molecule has 1 aliphatic heterocycles. The average Bonchev–Trinajstić information content (AvgIpc) is 3.20. The van der Waals surface area contributed by atoms with E-state index in [2.05, 4.69) is 65.7 Å². The lowest BCUT2D eigenvalue weighted by Crippen LogP contribution is -2.32. The number of hydrogen-bond acceptors (Lipinski definition) is 3. The van der Waals surface area contributed by atoms with Gasteiger partial charge in [0.2, 0.25) is 0 Å². The van der Waals surface area contributed by atoms with Crippen LogP contribution in [-0.2, 0) is 6.54 Å². The van der Waals surface area contributed by atoms with Gasteiger partial charge in [-0.05, 0) is 84.6 Å². The number of hydrogen-bond donors (Lipinski definition) is 1. The second kappa shape index (κ2) is 7.65. The molecule has 0 aliphatic carbocycles. The van der Waals surface area contributed by atoms with Crippen molar-refractivity contribution in [2.24, 2.45) is 0 Å². The third kappa shape index (κ3) is 3.84. The third-order valence-corrected chi connectivity index (χ3v) is 6.42. The van der Waals surface area contributed by atoms with Gasteiger partial charge in [0.25, 0.3) is 0 Å². The smallest absolute Gasteiger partial charge is 0.0342 e. The van der Waals surface area contributed by atoms with Gasteiger partial charge in [0.1, 0.15) is 0 Å². The normalized spacial score (nSPS) is 16.0. The van der Waals surface area contributed by atoms with Gasteiger partial charge in [0.05, 0.1) is 0 Å². The molecular formula is C23H26N2S. The van der Waals surface area contributed by atoms with Gasteiger partial charge in [-0.15, -0.1) is 11.3 Å². The quantitative estimate of drug-likeness (QED) is 0.605. The minimum Gasteiger partial charge on any atom is -0.399 e. The lowest BCUT2D eigenvalue weighted by molar-refractivity contribution is 0.204. The van der Waals surface area contributed by atoms with Crippen LogP contribution in [0.3, 0.4) is 0 Å². The van der Waals surface area contributed by atoms with E-state index in [1.54, 1.807) is 11.3 Å². The van der Waals surface area contributed by atoms with E-state index in [0.29, 0.717) is 5.92 Å². The van der Waals surface area contributed by atoms with Gasteiger partial charge in [0, 0.05) is 17.1 Å². The highest BCUT2D eigenvalue weighted by Crippen LogP contribution is 2.32. The van der Waals surface area contributed by atoms with Crippen LogP contribution in [0.2, 0.25) is 0 Å². The number of likely N-dealkylation sites (tertiary alicyclic amines) is 1. The fraction of sp³-hybridized carbons (Fsp3) is 0.304. The Balaban J connectivity index is 1.36. The van der Waals surface area contributed by atoms with E-state index in [-0.39, 0.29) is 0 Å². The van der Waals surface area contributed by atoms with E-state index in [0.717, 1.165) is 25.3 Å². The zero-order valence-electron chi connectivity index (χ0n) is 15.3. The van der Waals surface area contributed by atoms with E-state index in [4.69, 9.17) is 5.73 Å². The number of nitrogens with two attached hydrogens (primary N) is 1. The second-order valence-electron chi connectivity index (χ2n) is 7.34. The van der Waals surface area contributed by atoms with Crippen molar-refractivity contribution in [3.05, 3.63) is 76.7 Å². The first-order valence-corrected chi connectivity index (χ1v) is 10.3. The number of aryl methyl sites for hydroxylation is 1. The summed E-state index contributed by atoms with van der Waals surface area (Å²) in [5.74, 6) is 0.649. The van der Waals surface area contributed by atoms with E-state index in [1.165, 1.54) is 40.0 Å². The van der Waals surface area contributed by atoms with Crippen LogP contribution in [0.5, 0.6) is 0 Å². The predicted molar refractivity (Wildman–Crippen MR) is 113 cm³/mol. The van der Waals surface area contributed by atoms with Crippen LogP contribution in [0.15, 0.2) is 60.0 Å². The van der Waals surface area contributed by atoms with Gasteiger partial charge in [-0.1, -0.05) is 36.4 Å². The van der Waals surface area contributed by atoms with Crippen LogP contribution in [-0.4, -0.2) is 18.0 Å². The summed E-state index contributed by atoms with van der Waals surface area (Å²) >= 11 is 1.80. The monoisotopic (exact) mass is 362 g/mol. The molecule has 0 saturated carbocycles. The van der Waals surface area contributed by atoms with Crippen molar-refractivity contribution < 1.29 is 0 Å². The van der Waals surface area contributed by atoms with Crippen LogP contribution in [0.4, 0.5) is 5.69 Å². The lowest BCUT2D eigenvalue weighted by atomic mass is 9.86. The third-order valence-electron chi connectivity index (χ3n) is 5.50. The van der Waals surface area contributed by atoms with Gasteiger partial charge >= 0.3 is 0 Å². The molecule has 3 aromatic rings. The molecule has 2 heterocycles. The molecule has 0 spiro atoms. The molecule has 2 N–H and O–H groups in total. The Morgan fingerprint density at radius 2 is 1.81 bits per heavy atom. The maximum absolute atomic E-state index is 6.00. The van der Waals surface area contributed by atoms with Crippen molar-refractivity contribution in [1.82, 2.24) is 4.90 Å². The summed E-state index contributed by atoms with van der Waals surface area (Å²) in [4.78, 5) is 3.92. The Labute approximate surface area is 160 Å². The fourth-order valence-electron chi connectivity index (χ4n) is 3.98. The molecule has 0 atom stereocenters. The van der Waals surface area contributed by atoms with Crippen LogP contribution in [0.25, 0.3) is 10.4 Å². The number of anilines is 1. The maximum Gasteiger partial charge on any atom is 0.0342 e. The number of piperidine rings is 1. The molecule has 134 valence electrons. The molecule has 1 saturated heterocycles. The van der Waals surface area contributed by atoms with Crippen LogP contribution >= 0.6 is 11.3 Å². The van der Waals surface area contributed by atoms with Crippen molar-refractivity contribution in [2.45, 2.75) is 32.2 Å². The van der Waals surface area contributed by atoms with Crippen molar-refractivity contribution in [3.8, 4) is 10.4 Å². The number of thiophene rings is 1. The molecule has 1 aliphatic rings. The highest BCUT2D eigenvalue weighted by molar-refractivity contribution is 7.13. The molecule has 26 heavy (non-hydrogen) atoms. The summed E-state index contributed by atoms with van der Waals surface area (Å²) in [6, 6.07) is 19.7. The Morgan fingerprint density at radius 1 is 1.04 bits per heavy atom. The van der Waals surface area contributed by atoms with Crippen LogP contribution in [0, 0.1) is 6.92 Å². The Morgan fingerprint density at radius 3 is 2.50 bits per heavy atom. The number of rotatable bonds is 4. The zero-order chi connectivity index (χ0) is 17.9. The highest BCUT2D eigenvalue weighted by Gasteiger charge is 2.22. The molecule has 2 aromatic carbocycles. The molecule has 3 heteroatoms. The summed E-state index contributed by atoms with van der Waals surface area (Å²) in [5, 5.41) is 2.13. The first-order valence-electron chi connectivity index (χ1n) is 9.40. The van der Waals surface area contributed by atoms with E-state index < -0.39 is 0 Å². The topological polar surface area (TPSA) is 29.3 Å². The Bertz CT molecular complexity index is 844. The van der Waals surface area contributed by atoms with Crippen molar-refractivity contribution in [1.29, 1.82) is 0 Å². The molecule has 0 unspecified atom stereocenters.